The molecule has 2 rings (SSSR count). The summed E-state index contributed by atoms with van der Waals surface area (Å²) < 4.78 is 1.05. The van der Waals surface area contributed by atoms with Crippen molar-refractivity contribution in [3.63, 3.8) is 0 Å². The molecular formula is C15H22BrNO. The highest BCUT2D eigenvalue weighted by molar-refractivity contribution is 9.10. The number of hydrogen-bond donors (Lipinski definition) is 1. The Hall–Kier alpha value is -0.540. The highest BCUT2D eigenvalue weighted by atomic mass is 79.9. The first-order valence-corrected chi connectivity index (χ1v) is 7.63. The van der Waals surface area contributed by atoms with Gasteiger partial charge >= 0.3 is 0 Å². The molecule has 0 aliphatic carbocycles. The number of phenolic OH excluding ortho intramolecular Hbond substituents is 1. The molecule has 0 aromatic heterocycles. The highest BCUT2D eigenvalue weighted by Crippen LogP contribution is 2.30. The van der Waals surface area contributed by atoms with E-state index in [1.807, 2.05) is 19.1 Å². The van der Waals surface area contributed by atoms with Gasteiger partial charge in [-0.15, -0.1) is 0 Å². The van der Waals surface area contributed by atoms with Gasteiger partial charge in [0.05, 0.1) is 0 Å². The Balaban J connectivity index is 2.17. The van der Waals surface area contributed by atoms with E-state index in [9.17, 15) is 5.11 Å². The first-order valence-electron chi connectivity index (χ1n) is 6.84. The zero-order valence-electron chi connectivity index (χ0n) is 11.2. The second-order valence-corrected chi connectivity index (χ2v) is 6.17. The van der Waals surface area contributed by atoms with Crippen LogP contribution in [0.4, 0.5) is 0 Å². The summed E-state index contributed by atoms with van der Waals surface area (Å²) in [5.41, 5.74) is 1.99. The fourth-order valence-electron chi connectivity index (χ4n) is 2.87. The third-order valence-electron chi connectivity index (χ3n) is 3.94. The molecule has 1 heterocycles. The number of halogens is 1. The van der Waals surface area contributed by atoms with E-state index in [4.69, 9.17) is 0 Å². The van der Waals surface area contributed by atoms with Crippen molar-refractivity contribution in [2.45, 2.75) is 52.1 Å². The molecule has 1 aliphatic rings. The van der Waals surface area contributed by atoms with E-state index >= 15 is 0 Å². The third kappa shape index (κ3) is 3.07. The molecule has 0 saturated carbocycles. The smallest absolute Gasteiger partial charge is 0.123 e. The molecule has 0 amide bonds. The van der Waals surface area contributed by atoms with Crippen LogP contribution in [0.25, 0.3) is 0 Å². The normalized spacial score (nSPS) is 21.2. The number of benzene rings is 1. The molecule has 1 aliphatic heterocycles. The van der Waals surface area contributed by atoms with Crippen molar-refractivity contribution in [3.05, 3.63) is 27.7 Å². The molecule has 1 N–H and O–H groups in total. The maximum atomic E-state index is 10.2. The second-order valence-electron chi connectivity index (χ2n) is 5.26. The summed E-state index contributed by atoms with van der Waals surface area (Å²) in [5, 5.41) is 10.2. The van der Waals surface area contributed by atoms with Gasteiger partial charge in [0, 0.05) is 22.6 Å². The summed E-state index contributed by atoms with van der Waals surface area (Å²) in [6, 6.07) is 4.69. The first kappa shape index (κ1) is 13.9. The standard InChI is InChI=1S/C15H22BrNO/c1-3-14-6-4-5-7-17(14)10-12-9-13(16)8-11(2)15(12)18/h8-9,14,18H,3-7,10H2,1-2H3. The van der Waals surface area contributed by atoms with E-state index in [0.29, 0.717) is 11.8 Å². The lowest BCUT2D eigenvalue weighted by atomic mass is 9.98. The van der Waals surface area contributed by atoms with E-state index in [2.05, 4.69) is 27.8 Å². The minimum atomic E-state index is 0.457. The second kappa shape index (κ2) is 6.07. The summed E-state index contributed by atoms with van der Waals surface area (Å²) in [4.78, 5) is 2.52. The van der Waals surface area contributed by atoms with Gasteiger partial charge < -0.3 is 5.11 Å². The molecule has 2 nitrogen and oxygen atoms in total. The summed E-state index contributed by atoms with van der Waals surface area (Å²) in [7, 11) is 0. The summed E-state index contributed by atoms with van der Waals surface area (Å²) in [5.74, 6) is 0.457. The quantitative estimate of drug-likeness (QED) is 0.903. The van der Waals surface area contributed by atoms with Crippen LogP contribution in [-0.4, -0.2) is 22.6 Å². The topological polar surface area (TPSA) is 23.5 Å². The molecule has 3 heteroatoms. The number of rotatable bonds is 3. The Kier molecular flexibility index (Phi) is 4.68. The van der Waals surface area contributed by atoms with Crippen molar-refractivity contribution in [3.8, 4) is 5.75 Å². The first-order chi connectivity index (χ1) is 8.61. The number of piperidine rings is 1. The lowest BCUT2D eigenvalue weighted by Crippen LogP contribution is -2.38. The molecule has 100 valence electrons. The van der Waals surface area contributed by atoms with E-state index in [0.717, 1.165) is 28.7 Å². The van der Waals surface area contributed by atoms with E-state index in [-0.39, 0.29) is 0 Å². The van der Waals surface area contributed by atoms with Crippen LogP contribution in [0.1, 0.15) is 43.7 Å². The van der Waals surface area contributed by atoms with Crippen molar-refractivity contribution in [2.24, 2.45) is 0 Å². The maximum Gasteiger partial charge on any atom is 0.123 e. The van der Waals surface area contributed by atoms with Crippen molar-refractivity contribution in [2.75, 3.05) is 6.54 Å². The Bertz CT molecular complexity index is 419. The molecule has 0 radical (unpaired) electrons. The monoisotopic (exact) mass is 311 g/mol. The molecule has 0 spiro atoms. The van der Waals surface area contributed by atoms with Gasteiger partial charge in [-0.25, -0.2) is 0 Å². The van der Waals surface area contributed by atoms with Crippen LogP contribution in [0.5, 0.6) is 5.75 Å². The molecule has 0 bridgehead atoms. The molecule has 1 aromatic carbocycles. The van der Waals surface area contributed by atoms with Crippen LogP contribution in [0, 0.1) is 6.92 Å². The van der Waals surface area contributed by atoms with Crippen molar-refractivity contribution in [1.29, 1.82) is 0 Å². The number of likely N-dealkylation sites (tertiary alicyclic amines) is 1. The molecule has 18 heavy (non-hydrogen) atoms. The Labute approximate surface area is 118 Å². The molecular weight excluding hydrogens is 290 g/mol. The molecule has 1 aromatic rings. The van der Waals surface area contributed by atoms with E-state index in [1.54, 1.807) is 0 Å². The van der Waals surface area contributed by atoms with E-state index < -0.39 is 0 Å². The number of aryl methyl sites for hydroxylation is 1. The lowest BCUT2D eigenvalue weighted by Gasteiger charge is -2.35. The number of nitrogens with zero attached hydrogens (tertiary/aromatic N) is 1. The Morgan fingerprint density at radius 2 is 2.17 bits per heavy atom. The molecule has 1 fully saturated rings. The number of hydrogen-bond acceptors (Lipinski definition) is 2. The molecule has 1 unspecified atom stereocenters. The van der Waals surface area contributed by atoms with Crippen molar-refractivity contribution >= 4 is 15.9 Å². The van der Waals surface area contributed by atoms with Crippen LogP contribution in [0.2, 0.25) is 0 Å². The Morgan fingerprint density at radius 3 is 2.89 bits per heavy atom. The van der Waals surface area contributed by atoms with Crippen LogP contribution in [-0.2, 0) is 6.54 Å². The van der Waals surface area contributed by atoms with Crippen molar-refractivity contribution in [1.82, 2.24) is 4.90 Å². The third-order valence-corrected chi connectivity index (χ3v) is 4.40. The van der Waals surface area contributed by atoms with Gasteiger partial charge in [-0.3, -0.25) is 4.90 Å². The fourth-order valence-corrected chi connectivity index (χ4v) is 3.49. The Morgan fingerprint density at radius 1 is 1.39 bits per heavy atom. The minimum Gasteiger partial charge on any atom is -0.507 e. The predicted octanol–water partition coefficient (Wildman–Crippen LogP) is 4.23. The summed E-state index contributed by atoms with van der Waals surface area (Å²) in [6.07, 6.45) is 5.13. The van der Waals surface area contributed by atoms with Gasteiger partial charge in [0.25, 0.3) is 0 Å². The zero-order chi connectivity index (χ0) is 13.1. The number of aromatic hydroxyl groups is 1. The van der Waals surface area contributed by atoms with Crippen molar-refractivity contribution < 1.29 is 5.11 Å². The minimum absolute atomic E-state index is 0.457. The molecule has 1 saturated heterocycles. The van der Waals surface area contributed by atoms with Crippen LogP contribution < -0.4 is 0 Å². The highest BCUT2D eigenvalue weighted by Gasteiger charge is 2.22. The van der Waals surface area contributed by atoms with Crippen LogP contribution in [0.15, 0.2) is 16.6 Å². The summed E-state index contributed by atoms with van der Waals surface area (Å²) in [6.45, 7) is 6.24. The van der Waals surface area contributed by atoms with Gasteiger partial charge in [0.15, 0.2) is 0 Å². The lowest BCUT2D eigenvalue weighted by molar-refractivity contribution is 0.135. The predicted molar refractivity (Wildman–Crippen MR) is 78.9 cm³/mol. The summed E-state index contributed by atoms with van der Waals surface area (Å²) >= 11 is 3.51. The SMILES string of the molecule is CCC1CCCCN1Cc1cc(Br)cc(C)c1O. The van der Waals surface area contributed by atoms with Gasteiger partial charge in [0.2, 0.25) is 0 Å². The largest absolute Gasteiger partial charge is 0.507 e. The average Bonchev–Trinajstić information content (AvgIpc) is 2.36. The van der Waals surface area contributed by atoms with E-state index in [1.165, 1.54) is 25.7 Å². The number of phenols is 1. The van der Waals surface area contributed by atoms with Gasteiger partial charge in [-0.2, -0.15) is 0 Å². The molecule has 1 atom stereocenters. The van der Waals surface area contributed by atoms with Gasteiger partial charge in [0.1, 0.15) is 5.75 Å². The van der Waals surface area contributed by atoms with Crippen LogP contribution >= 0.6 is 15.9 Å². The fraction of sp³-hybridized carbons (Fsp3) is 0.600. The zero-order valence-corrected chi connectivity index (χ0v) is 12.8. The maximum absolute atomic E-state index is 10.2. The average molecular weight is 312 g/mol. The van der Waals surface area contributed by atoms with Gasteiger partial charge in [-0.1, -0.05) is 29.3 Å². The van der Waals surface area contributed by atoms with Gasteiger partial charge in [-0.05, 0) is 50.4 Å². The van der Waals surface area contributed by atoms with Crippen LogP contribution in [0.3, 0.4) is 0 Å².